The molecule has 4 aliphatic rings. The minimum atomic E-state index is -5.84. The molecule has 38 heavy (non-hydrogen) atoms. The zero-order valence-corrected chi connectivity index (χ0v) is 21.3. The lowest BCUT2D eigenvalue weighted by Gasteiger charge is -2.29. The van der Waals surface area contributed by atoms with E-state index in [1.165, 1.54) is 7.11 Å². The predicted octanol–water partition coefficient (Wildman–Crippen LogP) is 0.735. The van der Waals surface area contributed by atoms with Gasteiger partial charge in [0.1, 0.15) is 24.0 Å². The lowest BCUT2D eigenvalue weighted by molar-refractivity contribution is -0.194. The Hall–Kier alpha value is -2.43. The number of alkyl halides is 2. The fraction of sp³-hybridized carbons (Fsp3) is 0.818. The SMILES string of the molecule is COC(OC(=O)C1C2OC3C(OC(=O)C31)C2OC(=O)CCC(=O)OC(C)C(F)(F)S(=O)(=O)O)C1CCCC1. The molecule has 214 valence electrons. The number of methoxy groups -OCH3 is 1. The first kappa shape index (κ1) is 28.6. The molecule has 0 spiro atoms. The van der Waals surface area contributed by atoms with Crippen LogP contribution in [0.15, 0.2) is 0 Å². The summed E-state index contributed by atoms with van der Waals surface area (Å²) in [6.07, 6.45) is -5.22. The number of fused-ring (bicyclic) bond motifs is 1. The highest BCUT2D eigenvalue weighted by Crippen LogP contribution is 2.51. The van der Waals surface area contributed by atoms with E-state index < -0.39 is 101 Å². The number of carbonyl (C=O) groups is 4. The van der Waals surface area contributed by atoms with Gasteiger partial charge in [-0.05, 0) is 19.8 Å². The summed E-state index contributed by atoms with van der Waals surface area (Å²) in [5, 5.41) is -4.75. The van der Waals surface area contributed by atoms with Gasteiger partial charge in [0.25, 0.3) is 0 Å². The van der Waals surface area contributed by atoms with Crippen molar-refractivity contribution < 1.29 is 69.4 Å². The van der Waals surface area contributed by atoms with Gasteiger partial charge in [-0.25, -0.2) is 0 Å². The Kier molecular flexibility index (Phi) is 7.99. The Bertz CT molecular complexity index is 1070. The van der Waals surface area contributed by atoms with Crippen molar-refractivity contribution in [3.63, 3.8) is 0 Å². The molecule has 0 radical (unpaired) electrons. The number of carbonyl (C=O) groups excluding carboxylic acids is 4. The molecular weight excluding hydrogens is 542 g/mol. The second kappa shape index (κ2) is 10.6. The normalized spacial score (nSPS) is 32.1. The summed E-state index contributed by atoms with van der Waals surface area (Å²) in [6.45, 7) is 0.557. The van der Waals surface area contributed by atoms with Crippen molar-refractivity contribution in [3.05, 3.63) is 0 Å². The van der Waals surface area contributed by atoms with Crippen molar-refractivity contribution in [1.82, 2.24) is 0 Å². The first-order valence-electron chi connectivity index (χ1n) is 12.1. The van der Waals surface area contributed by atoms with Gasteiger partial charge in [0.2, 0.25) is 6.29 Å². The maximum Gasteiger partial charge on any atom is 0.405 e. The molecule has 0 aromatic carbocycles. The highest BCUT2D eigenvalue weighted by molar-refractivity contribution is 7.86. The van der Waals surface area contributed by atoms with Crippen LogP contribution in [0.5, 0.6) is 0 Å². The van der Waals surface area contributed by atoms with Crippen LogP contribution in [-0.4, -0.2) is 86.0 Å². The van der Waals surface area contributed by atoms with Crippen molar-refractivity contribution in [3.8, 4) is 0 Å². The first-order chi connectivity index (χ1) is 17.8. The number of ether oxygens (including phenoxy) is 6. The molecule has 0 aromatic rings. The molecule has 3 saturated heterocycles. The van der Waals surface area contributed by atoms with Crippen LogP contribution in [0.4, 0.5) is 8.78 Å². The second-order valence-corrected chi connectivity index (χ2v) is 11.2. The predicted molar refractivity (Wildman–Crippen MR) is 116 cm³/mol. The molecule has 0 aromatic heterocycles. The summed E-state index contributed by atoms with van der Waals surface area (Å²) in [7, 11) is -4.43. The molecule has 8 unspecified atom stereocenters. The molecule has 13 nitrogen and oxygen atoms in total. The molecule has 1 N–H and O–H groups in total. The maximum absolute atomic E-state index is 13.5. The van der Waals surface area contributed by atoms with Crippen LogP contribution in [0.25, 0.3) is 0 Å². The third-order valence-corrected chi connectivity index (χ3v) is 8.37. The lowest BCUT2D eigenvalue weighted by atomic mass is 9.78. The van der Waals surface area contributed by atoms with Crippen LogP contribution in [0.3, 0.4) is 0 Å². The lowest BCUT2D eigenvalue weighted by Crippen LogP contribution is -2.48. The van der Waals surface area contributed by atoms with Gasteiger partial charge in [-0.15, -0.1) is 0 Å². The fourth-order valence-electron chi connectivity index (χ4n) is 5.45. The van der Waals surface area contributed by atoms with Gasteiger partial charge in [-0.3, -0.25) is 23.7 Å². The molecule has 2 bridgehead atoms. The second-order valence-electron chi connectivity index (χ2n) is 9.73. The average molecular weight is 571 g/mol. The standard InChI is InChI=1S/C22H28F2O13S/c1-9(22(23,24)38(29,30)31)33-11(25)7-8-12(26)34-17-15-14(13-16(35-15)18(17)36-19(13)27)20(28)37-21(32-2)10-5-3-4-6-10/h9-10,13-18,21H,3-8H2,1-2H3,(H,29,30,31). The fourth-order valence-corrected chi connectivity index (χ4v) is 5.92. The molecule has 0 amide bonds. The van der Waals surface area contributed by atoms with Gasteiger partial charge >= 0.3 is 39.2 Å². The van der Waals surface area contributed by atoms with E-state index in [4.69, 9.17) is 28.2 Å². The Morgan fingerprint density at radius 3 is 2.32 bits per heavy atom. The molecule has 4 rings (SSSR count). The molecule has 1 saturated carbocycles. The van der Waals surface area contributed by atoms with E-state index >= 15 is 0 Å². The molecule has 16 heteroatoms. The molecule has 8 atom stereocenters. The van der Waals surface area contributed by atoms with E-state index in [1.54, 1.807) is 0 Å². The topological polar surface area (TPSA) is 178 Å². The first-order valence-corrected chi connectivity index (χ1v) is 13.5. The Balaban J connectivity index is 1.34. The van der Waals surface area contributed by atoms with E-state index in [-0.39, 0.29) is 5.92 Å². The number of rotatable bonds is 11. The van der Waals surface area contributed by atoms with E-state index in [0.717, 1.165) is 25.7 Å². The van der Waals surface area contributed by atoms with Crippen molar-refractivity contribution in [2.75, 3.05) is 7.11 Å². The molecule has 1 aliphatic carbocycles. The van der Waals surface area contributed by atoms with Crippen molar-refractivity contribution in [2.45, 2.75) is 87.5 Å². The smallest absolute Gasteiger partial charge is 0.405 e. The van der Waals surface area contributed by atoms with Crippen molar-refractivity contribution in [1.29, 1.82) is 0 Å². The third kappa shape index (κ3) is 5.22. The van der Waals surface area contributed by atoms with Gasteiger partial charge in [-0.1, -0.05) is 12.8 Å². The molecule has 3 heterocycles. The molecule has 3 aliphatic heterocycles. The zero-order chi connectivity index (χ0) is 28.0. The number of halogens is 2. The summed E-state index contributed by atoms with van der Waals surface area (Å²) in [5.41, 5.74) is 0. The Morgan fingerprint density at radius 2 is 1.71 bits per heavy atom. The largest absolute Gasteiger partial charge is 0.455 e. The monoisotopic (exact) mass is 570 g/mol. The van der Waals surface area contributed by atoms with Crippen LogP contribution >= 0.6 is 0 Å². The van der Waals surface area contributed by atoms with Crippen molar-refractivity contribution in [2.24, 2.45) is 17.8 Å². The van der Waals surface area contributed by atoms with Crippen LogP contribution in [-0.2, 0) is 57.7 Å². The van der Waals surface area contributed by atoms with Crippen LogP contribution in [0.2, 0.25) is 0 Å². The highest BCUT2D eigenvalue weighted by atomic mass is 32.2. The van der Waals surface area contributed by atoms with Gasteiger partial charge in [0.15, 0.2) is 18.3 Å². The number of esters is 4. The summed E-state index contributed by atoms with van der Waals surface area (Å²) in [6, 6.07) is 0. The van der Waals surface area contributed by atoms with E-state index in [0.29, 0.717) is 6.92 Å². The van der Waals surface area contributed by atoms with Crippen LogP contribution in [0.1, 0.15) is 45.4 Å². The van der Waals surface area contributed by atoms with E-state index in [2.05, 4.69) is 4.74 Å². The molecule has 4 fully saturated rings. The summed E-state index contributed by atoms with van der Waals surface area (Å²) in [4.78, 5) is 49.8. The quantitative estimate of drug-likeness (QED) is 0.159. The Morgan fingerprint density at radius 1 is 1.08 bits per heavy atom. The van der Waals surface area contributed by atoms with E-state index in [9.17, 15) is 36.4 Å². The van der Waals surface area contributed by atoms with Gasteiger partial charge < -0.3 is 28.4 Å². The van der Waals surface area contributed by atoms with Gasteiger partial charge in [0.05, 0.1) is 12.8 Å². The van der Waals surface area contributed by atoms with Crippen LogP contribution in [0, 0.1) is 17.8 Å². The van der Waals surface area contributed by atoms with Crippen LogP contribution < -0.4 is 0 Å². The number of hydrogen-bond donors (Lipinski definition) is 1. The van der Waals surface area contributed by atoms with Gasteiger partial charge in [0, 0.05) is 13.0 Å². The maximum atomic E-state index is 13.5. The minimum Gasteiger partial charge on any atom is -0.455 e. The van der Waals surface area contributed by atoms with Crippen molar-refractivity contribution >= 4 is 34.0 Å². The zero-order valence-electron chi connectivity index (χ0n) is 20.4. The molecular formula is C22H28F2O13S. The van der Waals surface area contributed by atoms with Gasteiger partial charge in [-0.2, -0.15) is 17.2 Å². The summed E-state index contributed by atoms with van der Waals surface area (Å²) < 4.78 is 88.7. The minimum absolute atomic E-state index is 0.0141. The highest BCUT2D eigenvalue weighted by Gasteiger charge is 2.72. The Labute approximate surface area is 216 Å². The summed E-state index contributed by atoms with van der Waals surface area (Å²) >= 11 is 0. The van der Waals surface area contributed by atoms with E-state index in [1.807, 2.05) is 0 Å². The average Bonchev–Trinajstić information content (AvgIpc) is 3.60. The third-order valence-electron chi connectivity index (χ3n) is 7.35. The number of hydrogen-bond acceptors (Lipinski definition) is 12. The summed E-state index contributed by atoms with van der Waals surface area (Å²) in [5.74, 6) is -5.85.